The number of carbonyl (C=O) groups is 1. The Kier molecular flexibility index (Phi) is 5.93. The number of nitrogens with zero attached hydrogens (tertiary/aromatic N) is 3. The number of anilines is 3. The second-order valence-corrected chi connectivity index (χ2v) is 6.62. The fourth-order valence-electron chi connectivity index (χ4n) is 2.99. The number of aryl methyl sites for hydroxylation is 1. The molecule has 9 nitrogen and oxygen atoms in total. The lowest BCUT2D eigenvalue weighted by Gasteiger charge is -2.10. The Morgan fingerprint density at radius 2 is 2.00 bits per heavy atom. The number of hydrogen-bond acceptors (Lipinski definition) is 9. The molecule has 0 radical (unpaired) electrons. The van der Waals surface area contributed by atoms with Gasteiger partial charge in [-0.05, 0) is 41.8 Å². The molecule has 0 spiro atoms. The van der Waals surface area contributed by atoms with Gasteiger partial charge in [-0.3, -0.25) is 0 Å². The van der Waals surface area contributed by atoms with Gasteiger partial charge in [0.25, 0.3) is 0 Å². The van der Waals surface area contributed by atoms with E-state index < -0.39 is 5.97 Å². The van der Waals surface area contributed by atoms with Crippen molar-refractivity contribution in [3.05, 3.63) is 65.5 Å². The van der Waals surface area contributed by atoms with Crippen LogP contribution in [-0.4, -0.2) is 27.7 Å². The average Bonchev–Trinajstić information content (AvgIpc) is 3.24. The van der Waals surface area contributed by atoms with Crippen molar-refractivity contribution < 1.29 is 19.0 Å². The molecule has 0 saturated carbocycles. The number of nitrogens with one attached hydrogen (secondary N) is 1. The number of benzene rings is 2. The molecule has 0 bridgehead atoms. The Morgan fingerprint density at radius 1 is 1.16 bits per heavy atom. The molecule has 4 rings (SSSR count). The molecule has 0 unspecified atom stereocenters. The van der Waals surface area contributed by atoms with Gasteiger partial charge in [-0.25, -0.2) is 4.79 Å². The van der Waals surface area contributed by atoms with Crippen LogP contribution in [-0.2, 0) is 22.6 Å². The van der Waals surface area contributed by atoms with Crippen LogP contribution in [0.25, 0.3) is 6.08 Å². The minimum absolute atomic E-state index is 0.0356. The highest BCUT2D eigenvalue weighted by molar-refractivity contribution is 5.87. The number of para-hydroxylation sites is 1. The smallest absolute Gasteiger partial charge is 0.331 e. The van der Waals surface area contributed by atoms with Crippen molar-refractivity contribution in [3.8, 4) is 11.5 Å². The van der Waals surface area contributed by atoms with Gasteiger partial charge in [0.1, 0.15) is 0 Å². The Balaban J connectivity index is 1.38. The minimum atomic E-state index is -0.539. The van der Waals surface area contributed by atoms with Gasteiger partial charge in [0, 0.05) is 11.8 Å². The molecule has 0 saturated heterocycles. The largest absolute Gasteiger partial charge is 0.454 e. The molecule has 158 valence electrons. The topological polar surface area (TPSA) is 121 Å². The molecule has 2 heterocycles. The van der Waals surface area contributed by atoms with Gasteiger partial charge in [-0.15, -0.1) is 0 Å². The second kappa shape index (κ2) is 9.12. The van der Waals surface area contributed by atoms with Crippen LogP contribution in [0.5, 0.6) is 11.5 Å². The van der Waals surface area contributed by atoms with Gasteiger partial charge >= 0.3 is 5.97 Å². The van der Waals surface area contributed by atoms with E-state index in [2.05, 4.69) is 27.2 Å². The molecule has 3 N–H and O–H groups in total. The molecule has 0 aliphatic carbocycles. The summed E-state index contributed by atoms with van der Waals surface area (Å²) in [5.41, 5.74) is 8.57. The maximum atomic E-state index is 12.1. The Bertz CT molecular complexity index is 1130. The van der Waals surface area contributed by atoms with Crippen LogP contribution in [0.2, 0.25) is 0 Å². The van der Waals surface area contributed by atoms with E-state index in [1.807, 2.05) is 30.3 Å². The summed E-state index contributed by atoms with van der Waals surface area (Å²) in [6.45, 7) is 2.12. The second-order valence-electron chi connectivity index (χ2n) is 6.62. The lowest BCUT2D eigenvalue weighted by atomic mass is 10.1. The zero-order valence-electron chi connectivity index (χ0n) is 16.9. The van der Waals surface area contributed by atoms with Crippen LogP contribution in [0.1, 0.15) is 23.9 Å². The van der Waals surface area contributed by atoms with Crippen molar-refractivity contribution in [1.29, 1.82) is 0 Å². The van der Waals surface area contributed by atoms with Crippen LogP contribution in [0, 0.1) is 0 Å². The van der Waals surface area contributed by atoms with Crippen molar-refractivity contribution in [2.75, 3.05) is 17.8 Å². The van der Waals surface area contributed by atoms with Gasteiger partial charge in [0.05, 0.1) is 0 Å². The maximum Gasteiger partial charge on any atom is 0.331 e. The van der Waals surface area contributed by atoms with E-state index in [1.54, 1.807) is 18.2 Å². The first-order chi connectivity index (χ1) is 15.1. The molecule has 9 heteroatoms. The normalized spacial score (nSPS) is 12.2. The third-order valence-corrected chi connectivity index (χ3v) is 4.50. The number of aromatic nitrogens is 3. The molecular weight excluding hydrogens is 398 g/mol. The van der Waals surface area contributed by atoms with Gasteiger partial charge < -0.3 is 25.3 Å². The summed E-state index contributed by atoms with van der Waals surface area (Å²) in [6, 6.07) is 13.2. The van der Waals surface area contributed by atoms with Crippen LogP contribution in [0.15, 0.2) is 48.5 Å². The van der Waals surface area contributed by atoms with Gasteiger partial charge in [0.2, 0.25) is 18.7 Å². The van der Waals surface area contributed by atoms with Crippen molar-refractivity contribution in [1.82, 2.24) is 15.0 Å². The number of fused-ring (bicyclic) bond motifs is 1. The number of hydrogen-bond donors (Lipinski definition) is 2. The van der Waals surface area contributed by atoms with E-state index in [-0.39, 0.29) is 31.1 Å². The van der Waals surface area contributed by atoms with Gasteiger partial charge in [0.15, 0.2) is 23.9 Å². The number of nitrogen functional groups attached to an aromatic ring is 1. The highest BCUT2D eigenvalue weighted by Crippen LogP contribution is 2.32. The number of nitrogens with two attached hydrogens (primary N) is 1. The standard InChI is InChI=1S/C22H21N5O4/c1-2-15-5-3-4-6-16(15)24-22-26-19(25-21(23)27-22)12-29-20(28)10-8-14-7-9-17-18(11-14)31-13-30-17/h3-11H,2,12-13H2,1H3,(H3,23,24,25,26,27)/b10-8+. The summed E-state index contributed by atoms with van der Waals surface area (Å²) in [7, 11) is 0. The molecule has 0 fully saturated rings. The first-order valence-corrected chi connectivity index (χ1v) is 9.70. The van der Waals surface area contributed by atoms with E-state index in [1.165, 1.54) is 6.08 Å². The predicted octanol–water partition coefficient (Wildman–Crippen LogP) is 3.25. The SMILES string of the molecule is CCc1ccccc1Nc1nc(N)nc(COC(=O)/C=C/c2ccc3c(c2)OCO3)n1. The third kappa shape index (κ3) is 5.08. The molecule has 31 heavy (non-hydrogen) atoms. The molecule has 0 atom stereocenters. The molecule has 0 amide bonds. The van der Waals surface area contributed by atoms with E-state index in [0.29, 0.717) is 11.5 Å². The number of ether oxygens (including phenoxy) is 3. The van der Waals surface area contributed by atoms with Crippen LogP contribution in [0.4, 0.5) is 17.6 Å². The van der Waals surface area contributed by atoms with E-state index >= 15 is 0 Å². The van der Waals surface area contributed by atoms with Crippen LogP contribution >= 0.6 is 0 Å². The van der Waals surface area contributed by atoms with E-state index in [4.69, 9.17) is 19.9 Å². The summed E-state index contributed by atoms with van der Waals surface area (Å²) in [5.74, 6) is 1.35. The third-order valence-electron chi connectivity index (χ3n) is 4.50. The first kappa shape index (κ1) is 20.1. The number of rotatable bonds is 7. The van der Waals surface area contributed by atoms with E-state index in [0.717, 1.165) is 23.2 Å². The Hall–Kier alpha value is -4.14. The van der Waals surface area contributed by atoms with Crippen molar-refractivity contribution in [2.45, 2.75) is 20.0 Å². The lowest BCUT2D eigenvalue weighted by molar-refractivity contribution is -0.139. The fraction of sp³-hybridized carbons (Fsp3) is 0.182. The molecule has 1 aromatic heterocycles. The summed E-state index contributed by atoms with van der Waals surface area (Å²) >= 11 is 0. The lowest BCUT2D eigenvalue weighted by Crippen LogP contribution is -2.10. The van der Waals surface area contributed by atoms with Crippen molar-refractivity contribution in [2.24, 2.45) is 0 Å². The summed E-state index contributed by atoms with van der Waals surface area (Å²) < 4.78 is 15.8. The number of esters is 1. The summed E-state index contributed by atoms with van der Waals surface area (Å²) in [6.07, 6.45) is 3.80. The highest BCUT2D eigenvalue weighted by atomic mass is 16.7. The predicted molar refractivity (Wildman–Crippen MR) is 115 cm³/mol. The average molecular weight is 419 g/mol. The molecule has 3 aromatic rings. The van der Waals surface area contributed by atoms with Crippen LogP contribution < -0.4 is 20.5 Å². The molecular formula is C22H21N5O4. The highest BCUT2D eigenvalue weighted by Gasteiger charge is 2.13. The summed E-state index contributed by atoms with van der Waals surface area (Å²) in [4.78, 5) is 24.5. The van der Waals surface area contributed by atoms with Crippen LogP contribution in [0.3, 0.4) is 0 Å². The van der Waals surface area contributed by atoms with Gasteiger partial charge in [-0.1, -0.05) is 31.2 Å². The van der Waals surface area contributed by atoms with Crippen molar-refractivity contribution in [3.63, 3.8) is 0 Å². The first-order valence-electron chi connectivity index (χ1n) is 9.70. The number of carbonyl (C=O) groups excluding carboxylic acids is 1. The molecule has 1 aliphatic rings. The zero-order valence-corrected chi connectivity index (χ0v) is 16.9. The van der Waals surface area contributed by atoms with Crippen molar-refractivity contribution >= 4 is 29.6 Å². The Labute approximate surface area is 178 Å². The van der Waals surface area contributed by atoms with Gasteiger partial charge in [-0.2, -0.15) is 15.0 Å². The zero-order chi connectivity index (χ0) is 21.6. The Morgan fingerprint density at radius 3 is 2.87 bits per heavy atom. The molecule has 2 aromatic carbocycles. The quantitative estimate of drug-likeness (QED) is 0.439. The fourth-order valence-corrected chi connectivity index (χ4v) is 2.99. The minimum Gasteiger partial charge on any atom is -0.454 e. The van der Waals surface area contributed by atoms with E-state index in [9.17, 15) is 4.79 Å². The summed E-state index contributed by atoms with van der Waals surface area (Å²) in [5, 5.41) is 3.14. The monoisotopic (exact) mass is 419 g/mol. The molecule has 1 aliphatic heterocycles. The maximum absolute atomic E-state index is 12.1.